The number of halogens is 1. The van der Waals surface area contributed by atoms with Crippen molar-refractivity contribution in [2.24, 2.45) is 16.8 Å². The number of nitrogens with two attached hydrogens (primary N) is 1. The quantitative estimate of drug-likeness (QED) is 0.371. The first-order chi connectivity index (χ1) is 9.11. The monoisotopic (exact) mass is 265 g/mol. The summed E-state index contributed by atoms with van der Waals surface area (Å²) < 4.78 is 14.2. The maximum Gasteiger partial charge on any atom is 0.173 e. The molecule has 0 amide bonds. The van der Waals surface area contributed by atoms with Crippen LogP contribution in [0.5, 0.6) is 0 Å². The fraction of sp³-hybridized carbons (Fsp3) is 0.500. The fourth-order valence-corrected chi connectivity index (χ4v) is 2.43. The maximum atomic E-state index is 14.2. The zero-order chi connectivity index (χ0) is 13.8. The number of oxime groups is 1. The van der Waals surface area contributed by atoms with Crippen LogP contribution in [0.3, 0.4) is 0 Å². The SMILES string of the molecule is CN(Cc1cccc(/C(N)=N/O)c1F)CC1CCC1. The molecule has 0 heterocycles. The lowest BCUT2D eigenvalue weighted by Crippen LogP contribution is -2.29. The summed E-state index contributed by atoms with van der Waals surface area (Å²) in [5.74, 6) is 0.152. The first-order valence-electron chi connectivity index (χ1n) is 6.55. The van der Waals surface area contributed by atoms with Crippen LogP contribution in [0.25, 0.3) is 0 Å². The van der Waals surface area contributed by atoms with Crippen molar-refractivity contribution in [2.75, 3.05) is 13.6 Å². The standard InChI is InChI=1S/C14H20FN3O/c1-18(8-10-4-2-5-10)9-11-6-3-7-12(13(11)15)14(16)17-19/h3,6-7,10,19H,2,4-5,8-9H2,1H3,(H2,16,17). The number of hydrogen-bond acceptors (Lipinski definition) is 3. The second-order valence-corrected chi connectivity index (χ2v) is 5.26. The molecular formula is C14H20FN3O. The number of amidine groups is 1. The Hall–Kier alpha value is -1.62. The van der Waals surface area contributed by atoms with Gasteiger partial charge in [0.05, 0.1) is 5.56 Å². The molecule has 0 bridgehead atoms. The van der Waals surface area contributed by atoms with Crippen LogP contribution in [0.2, 0.25) is 0 Å². The molecule has 1 aromatic rings. The molecule has 0 atom stereocenters. The lowest BCUT2D eigenvalue weighted by molar-refractivity contribution is 0.199. The zero-order valence-electron chi connectivity index (χ0n) is 11.1. The molecule has 0 unspecified atom stereocenters. The van der Waals surface area contributed by atoms with Gasteiger partial charge < -0.3 is 15.8 Å². The normalized spacial score (nSPS) is 16.7. The van der Waals surface area contributed by atoms with Gasteiger partial charge in [0.15, 0.2) is 5.84 Å². The highest BCUT2D eigenvalue weighted by molar-refractivity contribution is 5.97. The van der Waals surface area contributed by atoms with Gasteiger partial charge in [-0.3, -0.25) is 0 Å². The predicted molar refractivity (Wildman–Crippen MR) is 72.6 cm³/mol. The Labute approximate surface area is 112 Å². The summed E-state index contributed by atoms with van der Waals surface area (Å²) in [5.41, 5.74) is 6.18. The molecule has 5 heteroatoms. The van der Waals surface area contributed by atoms with Crippen molar-refractivity contribution < 1.29 is 9.60 Å². The third kappa shape index (κ3) is 3.23. The fourth-order valence-electron chi connectivity index (χ4n) is 2.43. The average molecular weight is 265 g/mol. The van der Waals surface area contributed by atoms with Crippen LogP contribution in [0.4, 0.5) is 4.39 Å². The van der Waals surface area contributed by atoms with E-state index in [0.717, 1.165) is 12.5 Å². The lowest BCUT2D eigenvalue weighted by atomic mass is 9.85. The molecule has 2 rings (SSSR count). The molecule has 1 fully saturated rings. The first-order valence-corrected chi connectivity index (χ1v) is 6.55. The third-order valence-corrected chi connectivity index (χ3v) is 3.70. The van der Waals surface area contributed by atoms with Crippen LogP contribution in [-0.2, 0) is 6.54 Å². The lowest BCUT2D eigenvalue weighted by Gasteiger charge is -2.30. The van der Waals surface area contributed by atoms with E-state index < -0.39 is 5.82 Å². The van der Waals surface area contributed by atoms with Crippen molar-refractivity contribution in [1.29, 1.82) is 0 Å². The van der Waals surface area contributed by atoms with E-state index in [1.165, 1.54) is 25.3 Å². The molecule has 1 aliphatic carbocycles. The van der Waals surface area contributed by atoms with Crippen molar-refractivity contribution in [3.63, 3.8) is 0 Å². The Morgan fingerprint density at radius 3 is 2.84 bits per heavy atom. The van der Waals surface area contributed by atoms with Gasteiger partial charge in [-0.25, -0.2) is 4.39 Å². The molecule has 3 N–H and O–H groups in total. The molecule has 104 valence electrons. The predicted octanol–water partition coefficient (Wildman–Crippen LogP) is 2.15. The van der Waals surface area contributed by atoms with Crippen LogP contribution in [0.1, 0.15) is 30.4 Å². The summed E-state index contributed by atoms with van der Waals surface area (Å²) in [5, 5.41) is 11.5. The molecule has 0 spiro atoms. The van der Waals surface area contributed by atoms with E-state index in [-0.39, 0.29) is 11.4 Å². The molecule has 0 aromatic heterocycles. The molecule has 0 aliphatic heterocycles. The highest BCUT2D eigenvalue weighted by Gasteiger charge is 2.20. The summed E-state index contributed by atoms with van der Waals surface area (Å²) in [6.45, 7) is 1.53. The van der Waals surface area contributed by atoms with Gasteiger partial charge in [-0.05, 0) is 31.9 Å². The van der Waals surface area contributed by atoms with E-state index in [1.807, 2.05) is 7.05 Å². The van der Waals surface area contributed by atoms with Gasteiger partial charge in [-0.2, -0.15) is 0 Å². The summed E-state index contributed by atoms with van der Waals surface area (Å²) in [6, 6.07) is 4.98. The van der Waals surface area contributed by atoms with Crippen LogP contribution in [0.15, 0.2) is 23.4 Å². The molecule has 0 saturated heterocycles. The van der Waals surface area contributed by atoms with Gasteiger partial charge in [-0.15, -0.1) is 0 Å². The number of benzene rings is 1. The van der Waals surface area contributed by atoms with E-state index in [1.54, 1.807) is 12.1 Å². The van der Waals surface area contributed by atoms with Crippen molar-refractivity contribution >= 4 is 5.84 Å². The smallest absolute Gasteiger partial charge is 0.173 e. The van der Waals surface area contributed by atoms with Crippen molar-refractivity contribution in [3.05, 3.63) is 35.1 Å². The number of rotatable bonds is 5. The third-order valence-electron chi connectivity index (χ3n) is 3.70. The van der Waals surface area contributed by atoms with Gasteiger partial charge in [0.2, 0.25) is 0 Å². The first kappa shape index (κ1) is 13.8. The Balaban J connectivity index is 2.07. The molecule has 0 radical (unpaired) electrons. The van der Waals surface area contributed by atoms with Crippen LogP contribution >= 0.6 is 0 Å². The van der Waals surface area contributed by atoms with Gasteiger partial charge in [-0.1, -0.05) is 23.7 Å². The van der Waals surface area contributed by atoms with Crippen LogP contribution < -0.4 is 5.73 Å². The van der Waals surface area contributed by atoms with Crippen molar-refractivity contribution in [1.82, 2.24) is 4.90 Å². The maximum absolute atomic E-state index is 14.2. The summed E-state index contributed by atoms with van der Waals surface area (Å²) in [4.78, 5) is 2.12. The topological polar surface area (TPSA) is 61.8 Å². The van der Waals surface area contributed by atoms with E-state index in [9.17, 15) is 4.39 Å². The Morgan fingerprint density at radius 2 is 2.26 bits per heavy atom. The van der Waals surface area contributed by atoms with Crippen molar-refractivity contribution in [2.45, 2.75) is 25.8 Å². The molecule has 1 aliphatic rings. The van der Waals surface area contributed by atoms with Gasteiger partial charge in [0.1, 0.15) is 5.82 Å². The average Bonchev–Trinajstić information content (AvgIpc) is 2.35. The minimum Gasteiger partial charge on any atom is -0.409 e. The molecular weight excluding hydrogens is 245 g/mol. The van der Waals surface area contributed by atoms with Crippen LogP contribution in [0, 0.1) is 11.7 Å². The molecule has 4 nitrogen and oxygen atoms in total. The Morgan fingerprint density at radius 1 is 1.53 bits per heavy atom. The summed E-state index contributed by atoms with van der Waals surface area (Å²) in [6.07, 6.45) is 3.86. The summed E-state index contributed by atoms with van der Waals surface area (Å²) in [7, 11) is 1.99. The van der Waals surface area contributed by atoms with E-state index in [0.29, 0.717) is 12.1 Å². The van der Waals surface area contributed by atoms with Gasteiger partial charge in [0, 0.05) is 18.7 Å². The minimum atomic E-state index is -0.404. The van der Waals surface area contributed by atoms with Gasteiger partial charge in [0.25, 0.3) is 0 Å². The summed E-state index contributed by atoms with van der Waals surface area (Å²) >= 11 is 0. The molecule has 1 saturated carbocycles. The second-order valence-electron chi connectivity index (χ2n) is 5.26. The minimum absolute atomic E-state index is 0.150. The largest absolute Gasteiger partial charge is 0.409 e. The molecule has 1 aromatic carbocycles. The van der Waals surface area contributed by atoms with E-state index >= 15 is 0 Å². The highest BCUT2D eigenvalue weighted by atomic mass is 19.1. The second kappa shape index (κ2) is 6.02. The Bertz CT molecular complexity index is 472. The Kier molecular flexibility index (Phi) is 4.37. The molecule has 19 heavy (non-hydrogen) atoms. The number of hydrogen-bond donors (Lipinski definition) is 2. The van der Waals surface area contributed by atoms with Gasteiger partial charge >= 0.3 is 0 Å². The van der Waals surface area contributed by atoms with E-state index in [4.69, 9.17) is 10.9 Å². The van der Waals surface area contributed by atoms with Crippen LogP contribution in [-0.4, -0.2) is 29.5 Å². The number of nitrogens with zero attached hydrogens (tertiary/aromatic N) is 2. The zero-order valence-corrected chi connectivity index (χ0v) is 11.1. The van der Waals surface area contributed by atoms with E-state index in [2.05, 4.69) is 10.1 Å². The highest BCUT2D eigenvalue weighted by Crippen LogP contribution is 2.27. The van der Waals surface area contributed by atoms with Crippen molar-refractivity contribution in [3.8, 4) is 0 Å².